The maximum Gasteiger partial charge on any atom is 0.399 e. The van der Waals surface area contributed by atoms with E-state index in [1.54, 1.807) is 4.90 Å². The second-order valence-corrected chi connectivity index (χ2v) is 10.0. The fourth-order valence-electron chi connectivity index (χ4n) is 3.44. The Balaban J connectivity index is 1.82. The summed E-state index contributed by atoms with van der Waals surface area (Å²) in [5, 5.41) is 3.02. The smallest absolute Gasteiger partial charge is 0.341 e. The van der Waals surface area contributed by atoms with Crippen molar-refractivity contribution in [1.29, 1.82) is 0 Å². The molecule has 1 aromatic carbocycles. The van der Waals surface area contributed by atoms with E-state index >= 15 is 0 Å². The second-order valence-electron chi connectivity index (χ2n) is 7.30. The number of rotatable bonds is 7. The number of carbonyl (C=O) groups is 2. The molecule has 1 aliphatic rings. The van der Waals surface area contributed by atoms with E-state index in [9.17, 15) is 22.9 Å². The zero-order valence-corrected chi connectivity index (χ0v) is 18.0. The highest BCUT2D eigenvalue weighted by Gasteiger charge is 2.50. The SMILES string of the molecule is CCC[C@H](NC(=O)c1cc2cc(C(F)(F)P(=O)(O)O)ccc2s1)C(=O)N1CCCC1. The van der Waals surface area contributed by atoms with Crippen LogP contribution in [0, 0.1) is 0 Å². The van der Waals surface area contributed by atoms with Gasteiger partial charge in [-0.2, -0.15) is 8.78 Å². The van der Waals surface area contributed by atoms with Crippen molar-refractivity contribution < 1.29 is 32.7 Å². The minimum Gasteiger partial charge on any atom is -0.341 e. The van der Waals surface area contributed by atoms with Crippen LogP contribution in [-0.4, -0.2) is 45.6 Å². The first-order valence-electron chi connectivity index (χ1n) is 9.61. The van der Waals surface area contributed by atoms with Crippen molar-refractivity contribution in [1.82, 2.24) is 10.2 Å². The lowest BCUT2D eigenvalue weighted by molar-refractivity contribution is -0.132. The van der Waals surface area contributed by atoms with Crippen LogP contribution < -0.4 is 5.32 Å². The van der Waals surface area contributed by atoms with Crippen molar-refractivity contribution in [3.05, 3.63) is 34.7 Å². The lowest BCUT2D eigenvalue weighted by Crippen LogP contribution is -2.47. The number of halogens is 2. The average Bonchev–Trinajstić information content (AvgIpc) is 3.35. The standard InChI is InChI=1S/C19H23F2N2O5PS/c1-2-5-14(18(25)23-8-3-4-9-23)22-17(24)16-11-12-10-13(6-7-15(12)30-16)19(20,21)29(26,27)28/h6-7,10-11,14H,2-5,8-9H2,1H3,(H,22,24)(H2,26,27,28)/t14-/m0/s1. The summed E-state index contributed by atoms with van der Waals surface area (Å²) < 4.78 is 39.6. The molecule has 2 aromatic rings. The van der Waals surface area contributed by atoms with Crippen molar-refractivity contribution in [2.24, 2.45) is 0 Å². The molecule has 1 saturated heterocycles. The van der Waals surface area contributed by atoms with E-state index in [0.717, 1.165) is 36.3 Å². The number of fused-ring (bicyclic) bond motifs is 1. The van der Waals surface area contributed by atoms with Crippen LogP contribution in [0.2, 0.25) is 0 Å². The van der Waals surface area contributed by atoms with E-state index in [2.05, 4.69) is 5.32 Å². The lowest BCUT2D eigenvalue weighted by atomic mass is 10.1. The molecular weight excluding hydrogens is 437 g/mol. The lowest BCUT2D eigenvalue weighted by Gasteiger charge is -2.23. The number of carbonyl (C=O) groups excluding carboxylic acids is 2. The van der Waals surface area contributed by atoms with Crippen LogP contribution in [-0.2, 0) is 15.0 Å². The molecule has 2 heterocycles. The predicted molar refractivity (Wildman–Crippen MR) is 110 cm³/mol. The number of hydrogen-bond donors (Lipinski definition) is 3. The van der Waals surface area contributed by atoms with Crippen molar-refractivity contribution >= 4 is 40.8 Å². The molecule has 2 amide bonds. The maximum absolute atomic E-state index is 14.0. The van der Waals surface area contributed by atoms with E-state index in [4.69, 9.17) is 9.79 Å². The number of alkyl halides is 2. The minimum atomic E-state index is -5.68. The Morgan fingerprint density at radius 3 is 2.53 bits per heavy atom. The van der Waals surface area contributed by atoms with Gasteiger partial charge in [0.1, 0.15) is 6.04 Å². The van der Waals surface area contributed by atoms with Gasteiger partial charge in [-0.05, 0) is 42.8 Å². The van der Waals surface area contributed by atoms with Crippen LogP contribution in [0.15, 0.2) is 24.3 Å². The first-order valence-corrected chi connectivity index (χ1v) is 12.0. The molecule has 0 radical (unpaired) electrons. The normalized spacial score (nSPS) is 16.1. The fourth-order valence-corrected chi connectivity index (χ4v) is 4.87. The minimum absolute atomic E-state index is 0.118. The first kappa shape index (κ1) is 22.8. The Morgan fingerprint density at radius 2 is 1.93 bits per heavy atom. The quantitative estimate of drug-likeness (QED) is 0.547. The Labute approximate surface area is 176 Å². The van der Waals surface area contributed by atoms with E-state index in [-0.39, 0.29) is 16.2 Å². The van der Waals surface area contributed by atoms with Gasteiger partial charge in [0.25, 0.3) is 5.91 Å². The van der Waals surface area contributed by atoms with Crippen LogP contribution in [0.4, 0.5) is 8.78 Å². The monoisotopic (exact) mass is 460 g/mol. The summed E-state index contributed by atoms with van der Waals surface area (Å²) in [6.07, 6.45) is 3.08. The first-order chi connectivity index (χ1) is 14.0. The van der Waals surface area contributed by atoms with Crippen molar-refractivity contribution in [3.8, 4) is 0 Å². The largest absolute Gasteiger partial charge is 0.399 e. The van der Waals surface area contributed by atoms with Gasteiger partial charge in [-0.1, -0.05) is 19.4 Å². The van der Waals surface area contributed by atoms with Crippen LogP contribution in [0.25, 0.3) is 10.1 Å². The Hall–Kier alpha value is -1.87. The summed E-state index contributed by atoms with van der Waals surface area (Å²) in [5.41, 5.74) is -5.14. The van der Waals surface area contributed by atoms with Gasteiger partial charge in [0.15, 0.2) is 0 Å². The van der Waals surface area contributed by atoms with Gasteiger partial charge in [-0.15, -0.1) is 11.3 Å². The molecule has 1 aromatic heterocycles. The van der Waals surface area contributed by atoms with E-state index < -0.39 is 30.8 Å². The van der Waals surface area contributed by atoms with Crippen molar-refractivity contribution in [2.75, 3.05) is 13.1 Å². The van der Waals surface area contributed by atoms with Crippen LogP contribution in [0.5, 0.6) is 0 Å². The topological polar surface area (TPSA) is 107 Å². The number of nitrogens with zero attached hydrogens (tertiary/aromatic N) is 1. The second kappa shape index (κ2) is 8.70. The van der Waals surface area contributed by atoms with Gasteiger partial charge in [-0.3, -0.25) is 14.2 Å². The average molecular weight is 460 g/mol. The molecule has 0 aliphatic carbocycles. The van der Waals surface area contributed by atoms with E-state index in [1.807, 2.05) is 6.92 Å². The number of amides is 2. The summed E-state index contributed by atoms with van der Waals surface area (Å²) in [5.74, 6) is -0.599. The van der Waals surface area contributed by atoms with Gasteiger partial charge in [0.2, 0.25) is 5.91 Å². The molecule has 0 saturated carbocycles. The number of nitrogens with one attached hydrogen (secondary N) is 1. The van der Waals surface area contributed by atoms with E-state index in [0.29, 0.717) is 30.6 Å². The highest BCUT2D eigenvalue weighted by Crippen LogP contribution is 2.59. The molecule has 1 fully saturated rings. The number of benzene rings is 1. The maximum atomic E-state index is 14.0. The molecule has 3 N–H and O–H groups in total. The molecule has 1 aliphatic heterocycles. The zero-order chi connectivity index (χ0) is 22.1. The zero-order valence-electron chi connectivity index (χ0n) is 16.3. The molecular formula is C19H23F2N2O5PS. The highest BCUT2D eigenvalue weighted by molar-refractivity contribution is 7.52. The summed E-state index contributed by atoms with van der Waals surface area (Å²) >= 11 is 1.06. The Morgan fingerprint density at radius 1 is 1.27 bits per heavy atom. The van der Waals surface area contributed by atoms with Gasteiger partial charge >= 0.3 is 13.3 Å². The molecule has 11 heteroatoms. The molecule has 3 rings (SSSR count). The molecule has 0 spiro atoms. The van der Waals surface area contributed by atoms with Crippen molar-refractivity contribution in [2.45, 2.75) is 44.3 Å². The predicted octanol–water partition coefficient (Wildman–Crippen LogP) is 3.65. The Kier molecular flexibility index (Phi) is 6.62. The molecule has 30 heavy (non-hydrogen) atoms. The third kappa shape index (κ3) is 4.56. The van der Waals surface area contributed by atoms with Crippen LogP contribution in [0.3, 0.4) is 0 Å². The van der Waals surface area contributed by atoms with E-state index in [1.165, 1.54) is 12.1 Å². The Bertz CT molecular complexity index is 1000. The molecule has 1 atom stereocenters. The van der Waals surface area contributed by atoms with Gasteiger partial charge in [0.05, 0.1) is 4.88 Å². The fraction of sp³-hybridized carbons (Fsp3) is 0.474. The summed E-state index contributed by atoms with van der Waals surface area (Å²) in [4.78, 5) is 45.2. The molecule has 0 bridgehead atoms. The summed E-state index contributed by atoms with van der Waals surface area (Å²) in [6, 6.07) is 3.95. The summed E-state index contributed by atoms with van der Waals surface area (Å²) in [6.45, 7) is 3.27. The van der Waals surface area contributed by atoms with Crippen LogP contribution in [0.1, 0.15) is 47.8 Å². The van der Waals surface area contributed by atoms with Gasteiger partial charge in [0, 0.05) is 23.4 Å². The molecule has 7 nitrogen and oxygen atoms in total. The third-order valence-electron chi connectivity index (χ3n) is 5.05. The number of hydrogen-bond acceptors (Lipinski definition) is 4. The molecule has 164 valence electrons. The number of likely N-dealkylation sites (tertiary alicyclic amines) is 1. The highest BCUT2D eigenvalue weighted by atomic mass is 32.1. The van der Waals surface area contributed by atoms with Crippen molar-refractivity contribution in [3.63, 3.8) is 0 Å². The van der Waals surface area contributed by atoms with Gasteiger partial charge < -0.3 is 20.0 Å². The van der Waals surface area contributed by atoms with Crippen LogP contribution >= 0.6 is 18.9 Å². The third-order valence-corrected chi connectivity index (χ3v) is 7.16. The summed E-state index contributed by atoms with van der Waals surface area (Å²) in [7, 11) is -5.68. The van der Waals surface area contributed by atoms with Gasteiger partial charge in [-0.25, -0.2) is 0 Å². The number of thiophene rings is 1. The molecule has 0 unspecified atom stereocenters.